The number of fused-ring (bicyclic) bond motifs is 3. The molecule has 3 rings (SSSR count). The molecular weight excluding hydrogens is 364 g/mol. The van der Waals surface area contributed by atoms with Crippen molar-refractivity contribution in [3.05, 3.63) is 34.7 Å². The Hall–Kier alpha value is -3.22. The molecule has 0 aliphatic rings. The second kappa shape index (κ2) is 7.07. The number of carbonyl (C=O) groups is 1. The lowest BCUT2D eigenvalue weighted by atomic mass is 9.97. The van der Waals surface area contributed by atoms with E-state index in [0.717, 1.165) is 0 Å². The van der Waals surface area contributed by atoms with Crippen LogP contribution in [0.3, 0.4) is 0 Å². The van der Waals surface area contributed by atoms with Gasteiger partial charge in [0, 0.05) is 16.8 Å². The van der Waals surface area contributed by atoms with E-state index in [-0.39, 0.29) is 17.3 Å². The topological polar surface area (TPSA) is 84.2 Å². The molecule has 1 aromatic heterocycles. The van der Waals surface area contributed by atoms with Gasteiger partial charge in [0.1, 0.15) is 11.3 Å². The molecule has 7 heteroatoms. The normalized spacial score (nSPS) is 11.5. The van der Waals surface area contributed by atoms with Crippen molar-refractivity contribution >= 4 is 27.7 Å². The minimum atomic E-state index is -0.660. The first kappa shape index (κ1) is 19.5. The van der Waals surface area contributed by atoms with Crippen molar-refractivity contribution in [1.29, 1.82) is 0 Å². The Morgan fingerprint density at radius 2 is 1.61 bits per heavy atom. The molecule has 7 nitrogen and oxygen atoms in total. The van der Waals surface area contributed by atoms with E-state index in [1.54, 1.807) is 39.0 Å². The van der Waals surface area contributed by atoms with E-state index in [1.807, 2.05) is 0 Å². The lowest BCUT2D eigenvalue weighted by Crippen LogP contribution is -2.25. The zero-order chi connectivity index (χ0) is 20.6. The molecule has 0 saturated heterocycles. The fourth-order valence-corrected chi connectivity index (χ4v) is 2.86. The summed E-state index contributed by atoms with van der Waals surface area (Å²) in [7, 11) is 4.45. The third-order valence-electron chi connectivity index (χ3n) is 4.30. The molecular formula is C21H22O7. The van der Waals surface area contributed by atoms with E-state index in [4.69, 9.17) is 23.4 Å². The second-order valence-electron chi connectivity index (χ2n) is 7.25. The molecule has 148 valence electrons. The fraction of sp³-hybridized carbons (Fsp3) is 0.333. The van der Waals surface area contributed by atoms with Gasteiger partial charge >= 0.3 is 11.6 Å². The molecule has 0 bridgehead atoms. The summed E-state index contributed by atoms with van der Waals surface area (Å²) in [5.74, 6) is 0.976. The molecule has 0 atom stereocenters. The van der Waals surface area contributed by atoms with Gasteiger partial charge in [0.25, 0.3) is 0 Å². The Morgan fingerprint density at radius 1 is 0.929 bits per heavy atom. The van der Waals surface area contributed by atoms with Crippen molar-refractivity contribution in [2.75, 3.05) is 21.3 Å². The second-order valence-corrected chi connectivity index (χ2v) is 7.25. The van der Waals surface area contributed by atoms with Gasteiger partial charge in [0.2, 0.25) is 5.75 Å². The highest BCUT2D eigenvalue weighted by molar-refractivity contribution is 6.10. The molecule has 0 saturated carbocycles. The molecule has 0 aliphatic carbocycles. The quantitative estimate of drug-likeness (QED) is 0.291. The third kappa shape index (κ3) is 3.24. The Kier molecular flexibility index (Phi) is 4.93. The Bertz CT molecular complexity index is 1120. The number of benzene rings is 2. The van der Waals surface area contributed by atoms with Crippen LogP contribution in [0.15, 0.2) is 33.5 Å². The fourth-order valence-electron chi connectivity index (χ4n) is 2.86. The predicted molar refractivity (Wildman–Crippen MR) is 105 cm³/mol. The van der Waals surface area contributed by atoms with Crippen molar-refractivity contribution in [1.82, 2.24) is 0 Å². The van der Waals surface area contributed by atoms with Crippen molar-refractivity contribution in [3.8, 4) is 23.0 Å². The summed E-state index contributed by atoms with van der Waals surface area (Å²) in [5, 5.41) is 1.43. The Morgan fingerprint density at radius 3 is 2.18 bits per heavy atom. The first-order valence-corrected chi connectivity index (χ1v) is 8.63. The van der Waals surface area contributed by atoms with Crippen LogP contribution in [0.5, 0.6) is 23.0 Å². The Balaban J connectivity index is 2.29. The number of methoxy groups -OCH3 is 3. The minimum absolute atomic E-state index is 0.266. The maximum atomic E-state index is 12.6. The monoisotopic (exact) mass is 386 g/mol. The van der Waals surface area contributed by atoms with E-state index in [9.17, 15) is 9.59 Å². The summed E-state index contributed by atoms with van der Waals surface area (Å²) in [6, 6.07) is 6.41. The van der Waals surface area contributed by atoms with Gasteiger partial charge in [0.15, 0.2) is 11.5 Å². The highest BCUT2D eigenvalue weighted by Crippen LogP contribution is 2.45. The van der Waals surface area contributed by atoms with Gasteiger partial charge in [-0.25, -0.2) is 4.79 Å². The molecule has 2 aromatic carbocycles. The SMILES string of the molecule is COc1cc2c(=O)oc3cc(OC(=O)C(C)(C)C)ccc3c2c(OC)c1OC. The summed E-state index contributed by atoms with van der Waals surface area (Å²) in [6.45, 7) is 5.28. The van der Waals surface area contributed by atoms with Gasteiger partial charge < -0.3 is 23.4 Å². The molecule has 3 aromatic rings. The zero-order valence-electron chi connectivity index (χ0n) is 16.7. The van der Waals surface area contributed by atoms with E-state index < -0.39 is 11.0 Å². The smallest absolute Gasteiger partial charge is 0.344 e. The molecule has 0 N–H and O–H groups in total. The maximum Gasteiger partial charge on any atom is 0.344 e. The first-order valence-electron chi connectivity index (χ1n) is 8.63. The van der Waals surface area contributed by atoms with Crippen molar-refractivity contribution in [3.63, 3.8) is 0 Å². The van der Waals surface area contributed by atoms with Gasteiger partial charge in [-0.1, -0.05) is 0 Å². The van der Waals surface area contributed by atoms with Crippen LogP contribution in [0.2, 0.25) is 0 Å². The summed E-state index contributed by atoms with van der Waals surface area (Å²) < 4.78 is 27.1. The summed E-state index contributed by atoms with van der Waals surface area (Å²) in [4.78, 5) is 24.7. The van der Waals surface area contributed by atoms with E-state index >= 15 is 0 Å². The molecule has 0 unspecified atom stereocenters. The molecule has 28 heavy (non-hydrogen) atoms. The number of hydrogen-bond acceptors (Lipinski definition) is 7. The minimum Gasteiger partial charge on any atom is -0.493 e. The number of esters is 1. The number of ether oxygens (including phenoxy) is 4. The standard InChI is InChI=1S/C21H22O7/c1-21(2,3)20(23)27-11-7-8-12-14(9-11)28-19(22)13-10-15(24-4)17(25-5)18(26-6)16(12)13/h7-10H,1-6H3. The average molecular weight is 386 g/mol. The number of hydrogen-bond donors (Lipinski definition) is 0. The Labute approximate surface area is 161 Å². The molecule has 0 amide bonds. The molecule has 0 aliphatic heterocycles. The van der Waals surface area contributed by atoms with Gasteiger partial charge in [-0.15, -0.1) is 0 Å². The van der Waals surface area contributed by atoms with Gasteiger partial charge in [0.05, 0.1) is 32.1 Å². The van der Waals surface area contributed by atoms with Crippen LogP contribution in [-0.4, -0.2) is 27.3 Å². The summed E-state index contributed by atoms with van der Waals surface area (Å²) >= 11 is 0. The molecule has 1 heterocycles. The summed E-state index contributed by atoms with van der Waals surface area (Å²) in [5.41, 5.74) is -0.963. The van der Waals surface area contributed by atoms with Crippen LogP contribution in [0.1, 0.15) is 20.8 Å². The van der Waals surface area contributed by atoms with Crippen LogP contribution in [-0.2, 0) is 4.79 Å². The molecule has 0 fully saturated rings. The highest BCUT2D eigenvalue weighted by Gasteiger charge is 2.25. The molecule has 0 spiro atoms. The van der Waals surface area contributed by atoms with Crippen LogP contribution in [0.4, 0.5) is 0 Å². The third-order valence-corrected chi connectivity index (χ3v) is 4.30. The van der Waals surface area contributed by atoms with E-state index in [2.05, 4.69) is 0 Å². The van der Waals surface area contributed by atoms with Crippen molar-refractivity contribution in [2.45, 2.75) is 20.8 Å². The highest BCUT2D eigenvalue weighted by atomic mass is 16.5. The predicted octanol–water partition coefficient (Wildman–Crippen LogP) is 3.92. The largest absolute Gasteiger partial charge is 0.493 e. The zero-order valence-corrected chi connectivity index (χ0v) is 16.7. The summed E-state index contributed by atoms with van der Waals surface area (Å²) in [6.07, 6.45) is 0. The van der Waals surface area contributed by atoms with Crippen LogP contribution in [0, 0.1) is 5.41 Å². The van der Waals surface area contributed by atoms with Crippen LogP contribution in [0.25, 0.3) is 21.7 Å². The van der Waals surface area contributed by atoms with E-state index in [0.29, 0.717) is 33.4 Å². The maximum absolute atomic E-state index is 12.6. The molecule has 0 radical (unpaired) electrons. The number of rotatable bonds is 4. The van der Waals surface area contributed by atoms with Gasteiger partial charge in [-0.3, -0.25) is 4.79 Å². The average Bonchev–Trinajstić information content (AvgIpc) is 2.65. The van der Waals surface area contributed by atoms with E-state index in [1.165, 1.54) is 27.4 Å². The van der Waals surface area contributed by atoms with Crippen molar-refractivity contribution < 1.29 is 28.2 Å². The lowest BCUT2D eigenvalue weighted by Gasteiger charge is -2.17. The lowest BCUT2D eigenvalue weighted by molar-refractivity contribution is -0.142. The number of carbonyl (C=O) groups excluding carboxylic acids is 1. The van der Waals surface area contributed by atoms with Crippen LogP contribution >= 0.6 is 0 Å². The first-order chi connectivity index (χ1) is 13.2. The van der Waals surface area contributed by atoms with Gasteiger partial charge in [-0.2, -0.15) is 0 Å². The van der Waals surface area contributed by atoms with Crippen molar-refractivity contribution in [2.24, 2.45) is 5.41 Å². The van der Waals surface area contributed by atoms with Crippen LogP contribution < -0.4 is 24.6 Å². The van der Waals surface area contributed by atoms with Gasteiger partial charge in [-0.05, 0) is 39.0 Å².